The Morgan fingerprint density at radius 3 is 2.00 bits per heavy atom. The van der Waals surface area contributed by atoms with Crippen molar-refractivity contribution in [1.29, 1.82) is 0 Å². The zero-order valence-electron chi connectivity index (χ0n) is 7.04. The number of hydrogen-bond acceptors (Lipinski definition) is 2. The minimum atomic E-state index is -0.407. The standard InChI is InChI=1S/C7H5ClO.C2H6ClN/c8-7(9)6-4-2-1-3-5-6;3-1-2-4/h1-5H;1-2,4H2. The maximum absolute atomic E-state index is 10.4. The molecule has 0 amide bonds. The van der Waals surface area contributed by atoms with Crippen molar-refractivity contribution in [1.82, 2.24) is 0 Å². The number of carbonyl (C=O) groups excluding carboxylic acids is 1. The Kier molecular flexibility index (Phi) is 7.69. The van der Waals surface area contributed by atoms with Crippen LogP contribution in [0.5, 0.6) is 0 Å². The van der Waals surface area contributed by atoms with Crippen LogP contribution < -0.4 is 5.73 Å². The normalized spacial score (nSPS) is 8.54. The smallest absolute Gasteiger partial charge is 0.252 e. The van der Waals surface area contributed by atoms with E-state index >= 15 is 0 Å². The van der Waals surface area contributed by atoms with Crippen LogP contribution in [0.1, 0.15) is 10.4 Å². The largest absolute Gasteiger partial charge is 0.329 e. The lowest BCUT2D eigenvalue weighted by atomic mass is 10.2. The van der Waals surface area contributed by atoms with Crippen LogP contribution in [0.2, 0.25) is 0 Å². The Balaban J connectivity index is 0.000000310. The van der Waals surface area contributed by atoms with E-state index in [9.17, 15) is 4.79 Å². The molecule has 0 heterocycles. The van der Waals surface area contributed by atoms with Crippen LogP contribution in [0.15, 0.2) is 30.3 Å². The van der Waals surface area contributed by atoms with Crippen LogP contribution in [0.4, 0.5) is 0 Å². The molecule has 0 aliphatic rings. The lowest BCUT2D eigenvalue weighted by Gasteiger charge is -1.87. The average molecular weight is 220 g/mol. The number of nitrogens with two attached hydrogens (primary N) is 1. The summed E-state index contributed by atoms with van der Waals surface area (Å²) < 4.78 is 0. The van der Waals surface area contributed by atoms with Crippen molar-refractivity contribution in [2.45, 2.75) is 0 Å². The quantitative estimate of drug-likeness (QED) is 0.613. The average Bonchev–Trinajstić information content (AvgIpc) is 2.19. The van der Waals surface area contributed by atoms with E-state index < -0.39 is 5.24 Å². The van der Waals surface area contributed by atoms with Crippen molar-refractivity contribution in [2.75, 3.05) is 12.4 Å². The van der Waals surface area contributed by atoms with Crippen molar-refractivity contribution in [2.24, 2.45) is 5.73 Å². The highest BCUT2D eigenvalue weighted by Crippen LogP contribution is 2.01. The molecule has 0 aromatic heterocycles. The molecular weight excluding hydrogens is 209 g/mol. The van der Waals surface area contributed by atoms with Gasteiger partial charge in [-0.3, -0.25) is 4.79 Å². The number of hydrogen-bond donors (Lipinski definition) is 1. The van der Waals surface area contributed by atoms with Crippen molar-refractivity contribution in [3.8, 4) is 0 Å². The van der Waals surface area contributed by atoms with Crippen LogP contribution in [0.25, 0.3) is 0 Å². The second kappa shape index (κ2) is 8.05. The van der Waals surface area contributed by atoms with E-state index in [1.54, 1.807) is 24.3 Å². The molecule has 0 bridgehead atoms. The number of rotatable bonds is 2. The second-order valence-electron chi connectivity index (χ2n) is 2.12. The monoisotopic (exact) mass is 219 g/mol. The minimum absolute atomic E-state index is 0.407. The Labute approximate surface area is 87.6 Å². The molecule has 0 spiro atoms. The van der Waals surface area contributed by atoms with Gasteiger partial charge in [-0.1, -0.05) is 30.3 Å². The molecule has 0 aliphatic heterocycles. The van der Waals surface area contributed by atoms with Gasteiger partial charge < -0.3 is 5.73 Å². The highest BCUT2D eigenvalue weighted by Gasteiger charge is 1.95. The van der Waals surface area contributed by atoms with Gasteiger partial charge in [0.1, 0.15) is 0 Å². The molecule has 0 fully saturated rings. The molecule has 1 aromatic carbocycles. The van der Waals surface area contributed by atoms with Crippen molar-refractivity contribution < 1.29 is 4.79 Å². The first kappa shape index (κ1) is 12.4. The molecule has 1 rings (SSSR count). The predicted octanol–water partition coefficient (Wildman–Crippen LogP) is 2.25. The van der Waals surface area contributed by atoms with Gasteiger partial charge in [-0.15, -0.1) is 11.6 Å². The summed E-state index contributed by atoms with van der Waals surface area (Å²) in [5, 5.41) is -0.407. The lowest BCUT2D eigenvalue weighted by molar-refractivity contribution is 0.108. The molecule has 0 radical (unpaired) electrons. The van der Waals surface area contributed by atoms with Crippen LogP contribution >= 0.6 is 23.2 Å². The molecule has 2 nitrogen and oxygen atoms in total. The molecule has 0 saturated heterocycles. The maximum atomic E-state index is 10.4. The summed E-state index contributed by atoms with van der Waals surface area (Å²) >= 11 is 10.2. The minimum Gasteiger partial charge on any atom is -0.329 e. The molecular formula is C9H11Cl2NO. The van der Waals surface area contributed by atoms with Crippen molar-refractivity contribution in [3.05, 3.63) is 35.9 Å². The van der Waals surface area contributed by atoms with Gasteiger partial charge in [-0.2, -0.15) is 0 Å². The third kappa shape index (κ3) is 6.58. The summed E-state index contributed by atoms with van der Waals surface area (Å²) in [5.41, 5.74) is 5.44. The van der Waals surface area contributed by atoms with Gasteiger partial charge >= 0.3 is 0 Å². The molecule has 2 N–H and O–H groups in total. The van der Waals surface area contributed by atoms with Crippen LogP contribution in [-0.4, -0.2) is 17.7 Å². The predicted molar refractivity (Wildman–Crippen MR) is 56.4 cm³/mol. The van der Waals surface area contributed by atoms with Gasteiger partial charge in [0.2, 0.25) is 0 Å². The second-order valence-corrected chi connectivity index (χ2v) is 2.84. The van der Waals surface area contributed by atoms with Gasteiger partial charge in [0.15, 0.2) is 0 Å². The number of benzene rings is 1. The van der Waals surface area contributed by atoms with Crippen LogP contribution in [0, 0.1) is 0 Å². The van der Waals surface area contributed by atoms with E-state index in [0.29, 0.717) is 18.0 Å². The van der Waals surface area contributed by atoms with Gasteiger partial charge in [-0.25, -0.2) is 0 Å². The Bertz CT molecular complexity index is 237. The summed E-state index contributed by atoms with van der Waals surface area (Å²) in [7, 11) is 0. The van der Waals surface area contributed by atoms with Crippen LogP contribution in [-0.2, 0) is 0 Å². The fraction of sp³-hybridized carbons (Fsp3) is 0.222. The Morgan fingerprint density at radius 2 is 1.77 bits per heavy atom. The van der Waals surface area contributed by atoms with Gasteiger partial charge in [0.25, 0.3) is 5.24 Å². The molecule has 0 aliphatic carbocycles. The fourth-order valence-electron chi connectivity index (χ4n) is 0.569. The molecule has 0 saturated carbocycles. The third-order valence-corrected chi connectivity index (χ3v) is 1.55. The topological polar surface area (TPSA) is 43.1 Å². The highest BCUT2D eigenvalue weighted by molar-refractivity contribution is 6.67. The lowest BCUT2D eigenvalue weighted by Crippen LogP contribution is -1.97. The van der Waals surface area contributed by atoms with Crippen molar-refractivity contribution >= 4 is 28.4 Å². The number of carbonyl (C=O) groups is 1. The number of halogens is 2. The van der Waals surface area contributed by atoms with E-state index in [-0.39, 0.29) is 0 Å². The molecule has 0 atom stereocenters. The molecule has 1 aromatic rings. The van der Waals surface area contributed by atoms with Gasteiger partial charge in [0, 0.05) is 18.0 Å². The Morgan fingerprint density at radius 1 is 1.31 bits per heavy atom. The first-order chi connectivity index (χ1) is 6.22. The number of alkyl halides is 1. The SMILES string of the molecule is NCCCl.O=C(Cl)c1ccccc1. The fourth-order valence-corrected chi connectivity index (χ4v) is 0.695. The zero-order valence-corrected chi connectivity index (χ0v) is 8.55. The van der Waals surface area contributed by atoms with E-state index in [1.807, 2.05) is 6.07 Å². The van der Waals surface area contributed by atoms with Gasteiger partial charge in [0.05, 0.1) is 0 Å². The summed E-state index contributed by atoms with van der Waals surface area (Å²) in [6.07, 6.45) is 0. The van der Waals surface area contributed by atoms with E-state index in [4.69, 9.17) is 28.9 Å². The van der Waals surface area contributed by atoms with E-state index in [1.165, 1.54) is 0 Å². The summed E-state index contributed by atoms with van der Waals surface area (Å²) in [6, 6.07) is 8.74. The highest BCUT2D eigenvalue weighted by atomic mass is 35.5. The Hall–Kier alpha value is -0.570. The first-order valence-corrected chi connectivity index (χ1v) is 4.64. The van der Waals surface area contributed by atoms with Gasteiger partial charge in [-0.05, 0) is 11.6 Å². The molecule has 13 heavy (non-hydrogen) atoms. The summed E-state index contributed by atoms with van der Waals surface area (Å²) in [4.78, 5) is 10.4. The molecule has 72 valence electrons. The van der Waals surface area contributed by atoms with E-state index in [2.05, 4.69) is 0 Å². The summed E-state index contributed by atoms with van der Waals surface area (Å²) in [6.45, 7) is 0.585. The summed E-state index contributed by atoms with van der Waals surface area (Å²) in [5.74, 6) is 0.569. The molecule has 4 heteroatoms. The maximum Gasteiger partial charge on any atom is 0.252 e. The molecule has 0 unspecified atom stereocenters. The van der Waals surface area contributed by atoms with Crippen LogP contribution in [0.3, 0.4) is 0 Å². The third-order valence-electron chi connectivity index (χ3n) is 1.11. The van der Waals surface area contributed by atoms with E-state index in [0.717, 1.165) is 0 Å². The zero-order chi connectivity index (χ0) is 10.1. The van der Waals surface area contributed by atoms with Crippen molar-refractivity contribution in [3.63, 3.8) is 0 Å². The first-order valence-electron chi connectivity index (χ1n) is 3.73.